The Kier molecular flexibility index (Phi) is 4.08. The maximum atomic E-state index is 12.3. The van der Waals surface area contributed by atoms with Crippen LogP contribution in [-0.2, 0) is 9.59 Å². The van der Waals surface area contributed by atoms with Crippen molar-refractivity contribution in [2.24, 2.45) is 5.92 Å². The van der Waals surface area contributed by atoms with Crippen molar-refractivity contribution in [3.63, 3.8) is 0 Å². The van der Waals surface area contributed by atoms with Gasteiger partial charge in [0.25, 0.3) is 0 Å². The zero-order valence-corrected chi connectivity index (χ0v) is 13.3. The van der Waals surface area contributed by atoms with Crippen molar-refractivity contribution >= 4 is 34.0 Å². The number of anilines is 2. The largest absolute Gasteiger partial charge is 0.312 e. The fourth-order valence-electron chi connectivity index (χ4n) is 2.45. The summed E-state index contributed by atoms with van der Waals surface area (Å²) in [6.07, 6.45) is 1.59. The number of thiazole rings is 1. The molecule has 2 heterocycles. The van der Waals surface area contributed by atoms with Crippen LogP contribution in [0.3, 0.4) is 0 Å². The SMILES string of the molecule is Cc1ccc(N2CC(C(=O)Nc3ncc(C#N)s3)CC2=O)cc1. The minimum absolute atomic E-state index is 0.0640. The van der Waals surface area contributed by atoms with E-state index in [1.165, 1.54) is 6.20 Å². The lowest BCUT2D eigenvalue weighted by molar-refractivity contribution is -0.122. The van der Waals surface area contributed by atoms with Crippen molar-refractivity contribution in [1.82, 2.24) is 4.98 Å². The van der Waals surface area contributed by atoms with Crippen LogP contribution in [0.2, 0.25) is 0 Å². The number of amides is 2. The second-order valence-corrected chi connectivity index (χ2v) is 6.40. The van der Waals surface area contributed by atoms with Crippen molar-refractivity contribution in [1.29, 1.82) is 5.26 Å². The van der Waals surface area contributed by atoms with E-state index in [-0.39, 0.29) is 18.2 Å². The van der Waals surface area contributed by atoms with E-state index >= 15 is 0 Å². The van der Waals surface area contributed by atoms with E-state index in [0.29, 0.717) is 16.6 Å². The third-order valence-electron chi connectivity index (χ3n) is 3.69. The molecule has 2 amide bonds. The minimum atomic E-state index is -0.418. The summed E-state index contributed by atoms with van der Waals surface area (Å²) >= 11 is 1.12. The van der Waals surface area contributed by atoms with Gasteiger partial charge in [-0.15, -0.1) is 0 Å². The molecule has 1 aromatic heterocycles. The van der Waals surface area contributed by atoms with Gasteiger partial charge in [0.1, 0.15) is 10.9 Å². The van der Waals surface area contributed by atoms with E-state index in [0.717, 1.165) is 22.6 Å². The Morgan fingerprint density at radius 2 is 2.17 bits per heavy atom. The number of aryl methyl sites for hydroxylation is 1. The lowest BCUT2D eigenvalue weighted by Gasteiger charge is -2.16. The fourth-order valence-corrected chi connectivity index (χ4v) is 3.06. The number of nitriles is 1. The second-order valence-electron chi connectivity index (χ2n) is 5.37. The Morgan fingerprint density at radius 1 is 1.43 bits per heavy atom. The number of aromatic nitrogens is 1. The second kappa shape index (κ2) is 6.18. The predicted octanol–water partition coefficient (Wildman–Crippen LogP) is 2.31. The number of carbonyl (C=O) groups is 2. The number of hydrogen-bond acceptors (Lipinski definition) is 5. The maximum Gasteiger partial charge on any atom is 0.231 e. The minimum Gasteiger partial charge on any atom is -0.312 e. The monoisotopic (exact) mass is 326 g/mol. The summed E-state index contributed by atoms with van der Waals surface area (Å²) in [5.41, 5.74) is 1.92. The van der Waals surface area contributed by atoms with Crippen molar-refractivity contribution < 1.29 is 9.59 Å². The van der Waals surface area contributed by atoms with E-state index in [2.05, 4.69) is 10.3 Å². The van der Waals surface area contributed by atoms with Crippen LogP contribution in [-0.4, -0.2) is 23.3 Å². The highest BCUT2D eigenvalue weighted by Gasteiger charge is 2.35. The fraction of sp³-hybridized carbons (Fsp3) is 0.250. The molecule has 116 valence electrons. The van der Waals surface area contributed by atoms with Crippen LogP contribution in [0, 0.1) is 24.2 Å². The molecule has 0 saturated carbocycles. The maximum absolute atomic E-state index is 12.3. The Bertz CT molecular complexity index is 791. The van der Waals surface area contributed by atoms with E-state index in [1.54, 1.807) is 4.90 Å². The van der Waals surface area contributed by atoms with Gasteiger partial charge in [-0.2, -0.15) is 5.26 Å². The Labute approximate surface area is 137 Å². The first kappa shape index (κ1) is 15.2. The molecule has 1 saturated heterocycles. The van der Waals surface area contributed by atoms with Gasteiger partial charge < -0.3 is 10.2 Å². The van der Waals surface area contributed by atoms with Gasteiger partial charge in [-0.3, -0.25) is 9.59 Å². The van der Waals surface area contributed by atoms with Crippen LogP contribution in [0.1, 0.15) is 16.9 Å². The summed E-state index contributed by atoms with van der Waals surface area (Å²) < 4.78 is 0. The molecule has 7 heteroatoms. The smallest absolute Gasteiger partial charge is 0.231 e. The number of benzene rings is 1. The van der Waals surface area contributed by atoms with Crippen LogP contribution >= 0.6 is 11.3 Å². The number of nitrogens with zero attached hydrogens (tertiary/aromatic N) is 3. The van der Waals surface area contributed by atoms with Crippen LogP contribution < -0.4 is 10.2 Å². The molecule has 0 aliphatic carbocycles. The molecular formula is C16H14N4O2S. The highest BCUT2D eigenvalue weighted by atomic mass is 32.1. The number of carbonyl (C=O) groups excluding carboxylic acids is 2. The molecule has 1 N–H and O–H groups in total. The number of rotatable bonds is 3. The summed E-state index contributed by atoms with van der Waals surface area (Å²) in [6, 6.07) is 9.62. The zero-order chi connectivity index (χ0) is 16.4. The van der Waals surface area contributed by atoms with Crippen molar-refractivity contribution in [3.8, 4) is 6.07 Å². The molecule has 1 atom stereocenters. The highest BCUT2D eigenvalue weighted by molar-refractivity contribution is 7.16. The molecule has 0 radical (unpaired) electrons. The van der Waals surface area contributed by atoms with Crippen molar-refractivity contribution in [2.75, 3.05) is 16.8 Å². The number of hydrogen-bond donors (Lipinski definition) is 1. The molecule has 1 unspecified atom stereocenters. The first-order valence-corrected chi connectivity index (χ1v) is 7.92. The van der Waals surface area contributed by atoms with Gasteiger partial charge in [0.05, 0.1) is 12.1 Å². The molecule has 2 aromatic rings. The van der Waals surface area contributed by atoms with Crippen LogP contribution in [0.4, 0.5) is 10.8 Å². The third kappa shape index (κ3) is 3.22. The molecule has 1 aromatic carbocycles. The molecule has 3 rings (SSSR count). The Balaban J connectivity index is 1.68. The van der Waals surface area contributed by atoms with E-state index in [1.807, 2.05) is 37.3 Å². The molecule has 0 bridgehead atoms. The topological polar surface area (TPSA) is 86.1 Å². The van der Waals surface area contributed by atoms with Crippen molar-refractivity contribution in [2.45, 2.75) is 13.3 Å². The molecule has 1 fully saturated rings. The highest BCUT2D eigenvalue weighted by Crippen LogP contribution is 2.27. The van der Waals surface area contributed by atoms with E-state index < -0.39 is 5.92 Å². The molecule has 23 heavy (non-hydrogen) atoms. The Morgan fingerprint density at radius 3 is 2.83 bits per heavy atom. The van der Waals surface area contributed by atoms with Gasteiger partial charge in [-0.05, 0) is 19.1 Å². The van der Waals surface area contributed by atoms with Gasteiger partial charge >= 0.3 is 0 Å². The van der Waals surface area contributed by atoms with Gasteiger partial charge in [0.2, 0.25) is 11.8 Å². The molecule has 1 aliphatic rings. The normalized spacial score (nSPS) is 17.1. The average molecular weight is 326 g/mol. The lowest BCUT2D eigenvalue weighted by Crippen LogP contribution is -2.28. The van der Waals surface area contributed by atoms with Gasteiger partial charge in [-0.1, -0.05) is 29.0 Å². The van der Waals surface area contributed by atoms with Crippen LogP contribution in [0.5, 0.6) is 0 Å². The van der Waals surface area contributed by atoms with E-state index in [4.69, 9.17) is 5.26 Å². The molecule has 1 aliphatic heterocycles. The first-order valence-electron chi connectivity index (χ1n) is 7.10. The summed E-state index contributed by atoms with van der Waals surface area (Å²) in [5, 5.41) is 11.8. The van der Waals surface area contributed by atoms with Crippen molar-refractivity contribution in [3.05, 3.63) is 40.9 Å². The third-order valence-corrected chi connectivity index (χ3v) is 4.50. The Hall–Kier alpha value is -2.72. The van der Waals surface area contributed by atoms with Crippen LogP contribution in [0.15, 0.2) is 30.5 Å². The van der Waals surface area contributed by atoms with Gasteiger partial charge in [0.15, 0.2) is 5.13 Å². The zero-order valence-electron chi connectivity index (χ0n) is 12.4. The summed E-state index contributed by atoms with van der Waals surface area (Å²) in [5.74, 6) is -0.726. The van der Waals surface area contributed by atoms with Gasteiger partial charge in [-0.25, -0.2) is 4.98 Å². The average Bonchev–Trinajstić information content (AvgIpc) is 3.15. The molecule has 6 nitrogen and oxygen atoms in total. The summed E-state index contributed by atoms with van der Waals surface area (Å²) in [4.78, 5) is 30.5. The molecule has 0 spiro atoms. The van der Waals surface area contributed by atoms with Crippen LogP contribution in [0.25, 0.3) is 0 Å². The molecular weight excluding hydrogens is 312 g/mol. The summed E-state index contributed by atoms with van der Waals surface area (Å²) in [7, 11) is 0. The summed E-state index contributed by atoms with van der Waals surface area (Å²) in [6.45, 7) is 2.33. The number of nitrogens with one attached hydrogen (secondary N) is 1. The van der Waals surface area contributed by atoms with E-state index in [9.17, 15) is 9.59 Å². The first-order chi connectivity index (χ1) is 11.1. The van der Waals surface area contributed by atoms with Gasteiger partial charge in [0, 0.05) is 18.7 Å². The lowest BCUT2D eigenvalue weighted by atomic mass is 10.1. The predicted molar refractivity (Wildman–Crippen MR) is 87.1 cm³/mol. The quantitative estimate of drug-likeness (QED) is 0.938. The standard InChI is InChI=1S/C16H14N4O2S/c1-10-2-4-12(5-3-10)20-9-11(6-14(20)21)15(22)19-16-18-8-13(7-17)23-16/h2-5,8,11H,6,9H2,1H3,(H,18,19,22).